The minimum atomic E-state index is -0.171. The third-order valence-corrected chi connectivity index (χ3v) is 3.55. The van der Waals surface area contributed by atoms with Gasteiger partial charge >= 0.3 is 0 Å². The second-order valence-electron chi connectivity index (χ2n) is 5.55. The maximum absolute atomic E-state index is 12.1. The summed E-state index contributed by atoms with van der Waals surface area (Å²) < 4.78 is 6.93. The Labute approximate surface area is 133 Å². The van der Waals surface area contributed by atoms with Crippen molar-refractivity contribution in [3.05, 3.63) is 42.0 Å². The molecular weight excluding hydrogens is 294 g/mol. The molecule has 3 aromatic rings. The number of aromatic nitrogens is 4. The summed E-state index contributed by atoms with van der Waals surface area (Å²) in [6, 6.07) is 5.83. The van der Waals surface area contributed by atoms with Crippen LogP contribution in [0.2, 0.25) is 0 Å². The molecule has 1 aromatic carbocycles. The van der Waals surface area contributed by atoms with Gasteiger partial charge in [0.05, 0.1) is 36.4 Å². The smallest absolute Gasteiger partial charge is 0.254 e. The minimum Gasteiger partial charge on any atom is -0.497 e. The summed E-state index contributed by atoms with van der Waals surface area (Å²) in [6.45, 7) is 4.34. The summed E-state index contributed by atoms with van der Waals surface area (Å²) in [5.41, 5.74) is 2.25. The lowest BCUT2D eigenvalue weighted by molar-refractivity contribution is 0.0950. The molecule has 2 N–H and O–H groups in total. The number of rotatable bonds is 5. The van der Waals surface area contributed by atoms with Gasteiger partial charge in [0.25, 0.3) is 5.91 Å². The van der Waals surface area contributed by atoms with Crippen LogP contribution in [0.15, 0.2) is 30.6 Å². The molecule has 0 unspecified atom stereocenters. The van der Waals surface area contributed by atoms with Crippen LogP contribution in [0, 0.1) is 0 Å². The third kappa shape index (κ3) is 3.18. The second-order valence-corrected chi connectivity index (χ2v) is 5.55. The van der Waals surface area contributed by atoms with Crippen molar-refractivity contribution in [1.29, 1.82) is 0 Å². The molecule has 7 heteroatoms. The number of hydrogen-bond donors (Lipinski definition) is 2. The first-order valence-corrected chi connectivity index (χ1v) is 7.42. The van der Waals surface area contributed by atoms with Crippen molar-refractivity contribution in [2.45, 2.75) is 26.4 Å². The Morgan fingerprint density at radius 3 is 2.96 bits per heavy atom. The lowest BCUT2D eigenvalue weighted by Crippen LogP contribution is -2.23. The predicted molar refractivity (Wildman–Crippen MR) is 86.4 cm³/mol. The van der Waals surface area contributed by atoms with Crippen LogP contribution in [0.25, 0.3) is 11.0 Å². The van der Waals surface area contributed by atoms with Gasteiger partial charge in [-0.1, -0.05) is 0 Å². The molecule has 0 saturated heterocycles. The third-order valence-electron chi connectivity index (χ3n) is 3.55. The monoisotopic (exact) mass is 313 g/mol. The lowest BCUT2D eigenvalue weighted by Gasteiger charge is -2.03. The normalized spacial score (nSPS) is 11.1. The predicted octanol–water partition coefficient (Wildman–Crippen LogP) is 2.28. The minimum absolute atomic E-state index is 0.171. The average Bonchev–Trinajstić information content (AvgIpc) is 3.18. The van der Waals surface area contributed by atoms with Crippen LogP contribution in [0.3, 0.4) is 0 Å². The largest absolute Gasteiger partial charge is 0.497 e. The van der Waals surface area contributed by atoms with Crippen molar-refractivity contribution in [3.8, 4) is 5.75 Å². The Bertz CT molecular complexity index is 834. The number of benzene rings is 1. The Morgan fingerprint density at radius 2 is 2.26 bits per heavy atom. The summed E-state index contributed by atoms with van der Waals surface area (Å²) >= 11 is 0. The zero-order valence-electron chi connectivity index (χ0n) is 13.3. The number of fused-ring (bicyclic) bond motifs is 1. The topological polar surface area (TPSA) is 84.8 Å². The molecule has 0 bridgehead atoms. The van der Waals surface area contributed by atoms with Gasteiger partial charge in [-0.3, -0.25) is 9.48 Å². The van der Waals surface area contributed by atoms with Gasteiger partial charge in [-0.15, -0.1) is 0 Å². The van der Waals surface area contributed by atoms with E-state index in [1.165, 1.54) is 0 Å². The summed E-state index contributed by atoms with van der Waals surface area (Å²) in [6.07, 6.45) is 3.31. The number of amides is 1. The zero-order chi connectivity index (χ0) is 16.4. The fraction of sp³-hybridized carbons (Fsp3) is 0.312. The standard InChI is InChI=1S/C16H19N5O2/c1-10(2)21-9-11(7-18-21)16(22)17-8-15-19-13-5-4-12(23-3)6-14(13)20-15/h4-7,9-10H,8H2,1-3H3,(H,17,22)(H,19,20). The molecule has 0 spiro atoms. The van der Waals surface area contributed by atoms with E-state index in [2.05, 4.69) is 20.4 Å². The molecule has 23 heavy (non-hydrogen) atoms. The van der Waals surface area contributed by atoms with E-state index in [9.17, 15) is 4.79 Å². The van der Waals surface area contributed by atoms with Gasteiger partial charge in [-0.05, 0) is 26.0 Å². The fourth-order valence-corrected chi connectivity index (χ4v) is 2.26. The Hall–Kier alpha value is -2.83. The first-order chi connectivity index (χ1) is 11.1. The summed E-state index contributed by atoms with van der Waals surface area (Å²) in [7, 11) is 1.62. The van der Waals surface area contributed by atoms with Gasteiger partial charge in [0.1, 0.15) is 11.6 Å². The van der Waals surface area contributed by atoms with E-state index in [1.807, 2.05) is 32.0 Å². The van der Waals surface area contributed by atoms with Crippen LogP contribution in [0.1, 0.15) is 36.1 Å². The molecule has 0 fully saturated rings. The molecule has 7 nitrogen and oxygen atoms in total. The van der Waals surface area contributed by atoms with Crippen LogP contribution < -0.4 is 10.1 Å². The molecule has 0 radical (unpaired) electrons. The maximum Gasteiger partial charge on any atom is 0.254 e. The Kier molecular flexibility index (Phi) is 4.01. The fourth-order valence-electron chi connectivity index (χ4n) is 2.26. The molecule has 0 aliphatic rings. The number of methoxy groups -OCH3 is 1. The summed E-state index contributed by atoms with van der Waals surface area (Å²) in [5.74, 6) is 1.28. The first kappa shape index (κ1) is 15.1. The Morgan fingerprint density at radius 1 is 1.43 bits per heavy atom. The number of aromatic amines is 1. The Balaban J connectivity index is 1.68. The number of imidazole rings is 1. The van der Waals surface area contributed by atoms with E-state index >= 15 is 0 Å². The molecule has 120 valence electrons. The lowest BCUT2D eigenvalue weighted by atomic mass is 10.3. The van der Waals surface area contributed by atoms with Gasteiger partial charge in [-0.2, -0.15) is 5.10 Å². The van der Waals surface area contributed by atoms with Crippen molar-refractivity contribution in [1.82, 2.24) is 25.1 Å². The van der Waals surface area contributed by atoms with Gasteiger partial charge < -0.3 is 15.0 Å². The number of carbonyl (C=O) groups excluding carboxylic acids is 1. The molecule has 3 rings (SSSR count). The van der Waals surface area contributed by atoms with Gasteiger partial charge in [0, 0.05) is 18.3 Å². The molecule has 0 aliphatic carbocycles. The molecular formula is C16H19N5O2. The summed E-state index contributed by atoms with van der Waals surface area (Å²) in [4.78, 5) is 19.8. The average molecular weight is 313 g/mol. The molecule has 0 aliphatic heterocycles. The van der Waals surface area contributed by atoms with Gasteiger partial charge in [0.2, 0.25) is 0 Å². The van der Waals surface area contributed by atoms with E-state index in [4.69, 9.17) is 4.74 Å². The van der Waals surface area contributed by atoms with Crippen molar-refractivity contribution in [2.24, 2.45) is 0 Å². The molecule has 0 atom stereocenters. The van der Waals surface area contributed by atoms with E-state index in [0.29, 0.717) is 17.9 Å². The molecule has 0 saturated carbocycles. The zero-order valence-corrected chi connectivity index (χ0v) is 13.3. The second kappa shape index (κ2) is 6.12. The number of H-pyrrole nitrogens is 1. The first-order valence-electron chi connectivity index (χ1n) is 7.42. The van der Waals surface area contributed by atoms with Crippen molar-refractivity contribution < 1.29 is 9.53 Å². The highest BCUT2D eigenvalue weighted by molar-refractivity contribution is 5.93. The maximum atomic E-state index is 12.1. The number of hydrogen-bond acceptors (Lipinski definition) is 4. The highest BCUT2D eigenvalue weighted by atomic mass is 16.5. The highest BCUT2D eigenvalue weighted by Crippen LogP contribution is 2.18. The van der Waals surface area contributed by atoms with Crippen LogP contribution in [-0.4, -0.2) is 32.8 Å². The van der Waals surface area contributed by atoms with E-state index < -0.39 is 0 Å². The van der Waals surface area contributed by atoms with Gasteiger partial charge in [0.15, 0.2) is 0 Å². The van der Waals surface area contributed by atoms with Gasteiger partial charge in [-0.25, -0.2) is 4.98 Å². The number of nitrogens with zero attached hydrogens (tertiary/aromatic N) is 3. The van der Waals surface area contributed by atoms with Crippen LogP contribution in [0.4, 0.5) is 0 Å². The van der Waals surface area contributed by atoms with Crippen molar-refractivity contribution >= 4 is 16.9 Å². The SMILES string of the molecule is COc1ccc2nc(CNC(=O)c3cnn(C(C)C)c3)[nH]c2c1. The van der Waals surface area contributed by atoms with Crippen LogP contribution >= 0.6 is 0 Å². The molecule has 1 amide bonds. The highest BCUT2D eigenvalue weighted by Gasteiger charge is 2.11. The van der Waals surface area contributed by atoms with Crippen LogP contribution in [-0.2, 0) is 6.54 Å². The van der Waals surface area contributed by atoms with Crippen molar-refractivity contribution in [3.63, 3.8) is 0 Å². The van der Waals surface area contributed by atoms with Crippen LogP contribution in [0.5, 0.6) is 5.75 Å². The van der Waals surface area contributed by atoms with E-state index in [-0.39, 0.29) is 11.9 Å². The molecule has 2 aromatic heterocycles. The number of carbonyl (C=O) groups is 1. The van der Waals surface area contributed by atoms with E-state index in [1.54, 1.807) is 24.2 Å². The number of nitrogens with one attached hydrogen (secondary N) is 2. The molecule has 2 heterocycles. The van der Waals surface area contributed by atoms with E-state index in [0.717, 1.165) is 16.8 Å². The number of ether oxygens (including phenoxy) is 1. The summed E-state index contributed by atoms with van der Waals surface area (Å²) in [5, 5.41) is 7.00. The van der Waals surface area contributed by atoms with Crippen molar-refractivity contribution in [2.75, 3.05) is 7.11 Å². The quantitative estimate of drug-likeness (QED) is 0.757.